The Morgan fingerprint density at radius 3 is 2.33 bits per heavy atom. The van der Waals surface area contributed by atoms with E-state index in [1.54, 1.807) is 0 Å². The summed E-state index contributed by atoms with van der Waals surface area (Å²) in [5.41, 5.74) is 5.32. The van der Waals surface area contributed by atoms with Gasteiger partial charge in [0.05, 0.1) is 5.25 Å². The van der Waals surface area contributed by atoms with Crippen molar-refractivity contribution < 1.29 is 18.0 Å². The van der Waals surface area contributed by atoms with Crippen molar-refractivity contribution in [2.75, 3.05) is 12.8 Å². The molecule has 8 heteroatoms. The number of hydrogen-bond donors (Lipinski definition) is 3. The van der Waals surface area contributed by atoms with Crippen molar-refractivity contribution in [1.82, 2.24) is 10.6 Å². The third-order valence-corrected chi connectivity index (χ3v) is 7.01. The summed E-state index contributed by atoms with van der Waals surface area (Å²) in [7, 11) is -3.05. The van der Waals surface area contributed by atoms with E-state index in [0.29, 0.717) is 25.3 Å². The molecule has 2 fully saturated rings. The predicted molar refractivity (Wildman–Crippen MR) is 92.1 cm³/mol. The number of sulfone groups is 1. The minimum absolute atomic E-state index is 0.0229. The monoisotopic (exact) mass is 359 g/mol. The van der Waals surface area contributed by atoms with Crippen LogP contribution >= 0.6 is 0 Å². The molecule has 3 amide bonds. The van der Waals surface area contributed by atoms with Gasteiger partial charge in [-0.2, -0.15) is 0 Å². The van der Waals surface area contributed by atoms with Crippen LogP contribution in [0.5, 0.6) is 0 Å². The lowest BCUT2D eigenvalue weighted by atomic mass is 9.82. The van der Waals surface area contributed by atoms with Gasteiger partial charge in [-0.1, -0.05) is 6.42 Å². The van der Waals surface area contributed by atoms with Crippen molar-refractivity contribution in [2.45, 2.75) is 62.7 Å². The fourth-order valence-corrected chi connectivity index (χ4v) is 4.97. The Morgan fingerprint density at radius 1 is 1.08 bits per heavy atom. The van der Waals surface area contributed by atoms with Crippen LogP contribution in [0.4, 0.5) is 4.79 Å². The molecule has 24 heavy (non-hydrogen) atoms. The highest BCUT2D eigenvalue weighted by Crippen LogP contribution is 2.28. The zero-order valence-electron chi connectivity index (χ0n) is 14.3. The second-order valence-electron chi connectivity index (χ2n) is 7.29. The molecule has 0 saturated heterocycles. The van der Waals surface area contributed by atoms with Crippen molar-refractivity contribution in [1.29, 1.82) is 0 Å². The molecule has 0 radical (unpaired) electrons. The maximum absolute atomic E-state index is 12.0. The molecule has 7 nitrogen and oxygen atoms in total. The van der Waals surface area contributed by atoms with Crippen molar-refractivity contribution in [2.24, 2.45) is 17.6 Å². The topological polar surface area (TPSA) is 118 Å². The Morgan fingerprint density at radius 2 is 1.75 bits per heavy atom. The van der Waals surface area contributed by atoms with Crippen molar-refractivity contribution in [3.05, 3.63) is 0 Å². The van der Waals surface area contributed by atoms with Gasteiger partial charge in [0.25, 0.3) is 0 Å². The van der Waals surface area contributed by atoms with E-state index in [2.05, 4.69) is 10.6 Å². The van der Waals surface area contributed by atoms with Gasteiger partial charge in [0.1, 0.15) is 9.84 Å². The fraction of sp³-hybridized carbons (Fsp3) is 0.875. The molecule has 2 aliphatic carbocycles. The van der Waals surface area contributed by atoms with Gasteiger partial charge in [0, 0.05) is 24.8 Å². The number of urea groups is 1. The van der Waals surface area contributed by atoms with Gasteiger partial charge < -0.3 is 16.4 Å². The molecule has 0 aromatic heterocycles. The molecule has 0 spiro atoms. The predicted octanol–water partition coefficient (Wildman–Crippen LogP) is 0.933. The summed E-state index contributed by atoms with van der Waals surface area (Å²) in [4.78, 5) is 23.2. The first-order chi connectivity index (χ1) is 11.3. The molecule has 0 aliphatic heterocycles. The van der Waals surface area contributed by atoms with Gasteiger partial charge >= 0.3 is 6.03 Å². The van der Waals surface area contributed by atoms with Crippen LogP contribution in [-0.4, -0.2) is 44.4 Å². The Labute approximate surface area is 144 Å². The normalized spacial score (nSPS) is 31.2. The van der Waals surface area contributed by atoms with E-state index in [-0.39, 0.29) is 29.1 Å². The van der Waals surface area contributed by atoms with Crippen LogP contribution in [0.3, 0.4) is 0 Å². The summed E-state index contributed by atoms with van der Waals surface area (Å²) in [6, 6.07) is -0.310. The van der Waals surface area contributed by atoms with Gasteiger partial charge in [0.2, 0.25) is 5.91 Å². The van der Waals surface area contributed by atoms with Gasteiger partial charge in [0.15, 0.2) is 0 Å². The Kier molecular flexibility index (Phi) is 6.48. The number of rotatable bonds is 5. The second-order valence-corrected chi connectivity index (χ2v) is 9.62. The smallest absolute Gasteiger partial charge is 0.315 e. The lowest BCUT2D eigenvalue weighted by Crippen LogP contribution is -2.47. The zero-order valence-corrected chi connectivity index (χ0v) is 15.1. The molecule has 0 bridgehead atoms. The van der Waals surface area contributed by atoms with Crippen LogP contribution in [0.2, 0.25) is 0 Å². The molecule has 0 aromatic carbocycles. The average molecular weight is 359 g/mol. The van der Waals surface area contributed by atoms with E-state index >= 15 is 0 Å². The second kappa shape index (κ2) is 8.18. The van der Waals surface area contributed by atoms with Gasteiger partial charge in [-0.25, -0.2) is 13.2 Å². The molecule has 4 N–H and O–H groups in total. The highest BCUT2D eigenvalue weighted by atomic mass is 32.2. The molecule has 2 unspecified atom stereocenters. The maximum atomic E-state index is 12.0. The molecule has 0 heterocycles. The summed E-state index contributed by atoms with van der Waals surface area (Å²) in [6.45, 7) is 0.583. The van der Waals surface area contributed by atoms with Gasteiger partial charge in [-0.05, 0) is 50.9 Å². The van der Waals surface area contributed by atoms with Crippen molar-refractivity contribution >= 4 is 21.8 Å². The van der Waals surface area contributed by atoms with Crippen molar-refractivity contribution in [3.63, 3.8) is 0 Å². The number of carbonyl (C=O) groups excluding carboxylic acids is 2. The highest BCUT2D eigenvalue weighted by Gasteiger charge is 2.30. The van der Waals surface area contributed by atoms with Gasteiger partial charge in [-0.3, -0.25) is 4.79 Å². The van der Waals surface area contributed by atoms with Crippen molar-refractivity contribution in [3.8, 4) is 0 Å². The standard InChI is InChI=1S/C16H29N3O4S/c1-24(22,23)14-4-2-3-13(9-14)19-16(21)18-10-11-5-7-12(8-6-11)15(17)20/h11-14H,2-10H2,1H3,(H2,17,20)(H2,18,19,21). The highest BCUT2D eigenvalue weighted by molar-refractivity contribution is 7.91. The Bertz CT molecular complexity index is 556. The number of nitrogens with one attached hydrogen (secondary N) is 2. The third kappa shape index (κ3) is 5.65. The first kappa shape index (κ1) is 19.0. The lowest BCUT2D eigenvalue weighted by molar-refractivity contribution is -0.122. The average Bonchev–Trinajstić information content (AvgIpc) is 2.53. The SMILES string of the molecule is CS(=O)(=O)C1CCCC(NC(=O)NCC2CCC(C(N)=O)CC2)C1. The van der Waals surface area contributed by atoms with Crippen LogP contribution in [0.1, 0.15) is 51.4 Å². The maximum Gasteiger partial charge on any atom is 0.315 e. The van der Waals surface area contributed by atoms with E-state index < -0.39 is 9.84 Å². The lowest BCUT2D eigenvalue weighted by Gasteiger charge is -2.29. The molecular formula is C16H29N3O4S. The van der Waals surface area contributed by atoms with Crippen LogP contribution in [0, 0.1) is 11.8 Å². The molecule has 2 rings (SSSR count). The molecule has 0 aromatic rings. The fourth-order valence-electron chi connectivity index (χ4n) is 3.79. The minimum atomic E-state index is -3.05. The summed E-state index contributed by atoms with van der Waals surface area (Å²) < 4.78 is 23.3. The molecule has 2 aliphatic rings. The first-order valence-corrected chi connectivity index (χ1v) is 10.7. The minimum Gasteiger partial charge on any atom is -0.369 e. The number of nitrogens with two attached hydrogens (primary N) is 1. The number of hydrogen-bond acceptors (Lipinski definition) is 4. The van der Waals surface area contributed by atoms with E-state index in [4.69, 9.17) is 5.73 Å². The van der Waals surface area contributed by atoms with Crippen LogP contribution in [-0.2, 0) is 14.6 Å². The summed E-state index contributed by atoms with van der Waals surface area (Å²) in [5.74, 6) is 0.128. The van der Waals surface area contributed by atoms with Crippen LogP contribution < -0.4 is 16.4 Å². The quantitative estimate of drug-likeness (QED) is 0.676. The van der Waals surface area contributed by atoms with E-state index in [0.717, 1.165) is 38.5 Å². The number of carbonyl (C=O) groups is 2. The van der Waals surface area contributed by atoms with E-state index in [9.17, 15) is 18.0 Å². The molecule has 138 valence electrons. The van der Waals surface area contributed by atoms with Crippen LogP contribution in [0.25, 0.3) is 0 Å². The summed E-state index contributed by atoms with van der Waals surface area (Å²) in [6.07, 6.45) is 7.47. The summed E-state index contributed by atoms with van der Waals surface area (Å²) >= 11 is 0. The molecule has 2 saturated carbocycles. The molecular weight excluding hydrogens is 330 g/mol. The third-order valence-electron chi connectivity index (χ3n) is 5.37. The Balaban J connectivity index is 1.69. The molecule has 2 atom stereocenters. The van der Waals surface area contributed by atoms with Gasteiger partial charge in [-0.15, -0.1) is 0 Å². The van der Waals surface area contributed by atoms with E-state index in [1.165, 1.54) is 6.26 Å². The van der Waals surface area contributed by atoms with E-state index in [1.807, 2.05) is 0 Å². The van der Waals surface area contributed by atoms with Crippen LogP contribution in [0.15, 0.2) is 0 Å². The zero-order chi connectivity index (χ0) is 17.7. The Hall–Kier alpha value is -1.31. The number of primary amides is 1. The largest absolute Gasteiger partial charge is 0.369 e. The first-order valence-electron chi connectivity index (χ1n) is 8.78. The number of amides is 3. The summed E-state index contributed by atoms with van der Waals surface area (Å²) in [5, 5.41) is 5.43.